The van der Waals surface area contributed by atoms with Crippen molar-refractivity contribution in [1.29, 1.82) is 0 Å². The Balaban J connectivity index is 2.13. The number of nitrogens with zero attached hydrogens (tertiary/aromatic N) is 1. The number of amidine groups is 1. The number of hydrogen-bond acceptors (Lipinski definition) is 3. The molecule has 0 atom stereocenters. The van der Waals surface area contributed by atoms with Gasteiger partial charge in [0.1, 0.15) is 12.4 Å². The van der Waals surface area contributed by atoms with Crippen LogP contribution in [0.4, 0.5) is 0 Å². The van der Waals surface area contributed by atoms with Gasteiger partial charge in [0.2, 0.25) is 0 Å². The Morgan fingerprint density at radius 2 is 2.05 bits per heavy atom. The molecule has 0 saturated carbocycles. The van der Waals surface area contributed by atoms with E-state index in [9.17, 15) is 0 Å². The van der Waals surface area contributed by atoms with E-state index in [0.717, 1.165) is 15.8 Å². The number of para-hydroxylation sites is 1. The van der Waals surface area contributed by atoms with Crippen LogP contribution >= 0.6 is 27.5 Å². The second-order valence-corrected chi connectivity index (χ2v) is 5.27. The Labute approximate surface area is 129 Å². The van der Waals surface area contributed by atoms with Gasteiger partial charge >= 0.3 is 0 Å². The number of halogens is 2. The molecule has 3 N–H and O–H groups in total. The summed E-state index contributed by atoms with van der Waals surface area (Å²) in [6.07, 6.45) is 0. The lowest BCUT2D eigenvalue weighted by Crippen LogP contribution is -2.13. The lowest BCUT2D eigenvalue weighted by atomic mass is 10.1. The summed E-state index contributed by atoms with van der Waals surface area (Å²) in [5.74, 6) is 0.759. The number of oxime groups is 1. The number of ether oxygens (including phenoxy) is 1. The molecule has 2 aromatic rings. The van der Waals surface area contributed by atoms with Crippen LogP contribution in [-0.2, 0) is 6.61 Å². The van der Waals surface area contributed by atoms with E-state index in [-0.39, 0.29) is 5.84 Å². The van der Waals surface area contributed by atoms with E-state index in [1.54, 1.807) is 18.2 Å². The van der Waals surface area contributed by atoms with Crippen LogP contribution in [-0.4, -0.2) is 11.0 Å². The molecule has 2 rings (SSSR count). The first-order chi connectivity index (χ1) is 9.61. The number of hydrogen-bond donors (Lipinski definition) is 2. The van der Waals surface area contributed by atoms with Crippen LogP contribution < -0.4 is 10.5 Å². The van der Waals surface area contributed by atoms with Crippen molar-refractivity contribution in [2.75, 3.05) is 0 Å². The third-order valence-corrected chi connectivity index (χ3v) is 3.68. The lowest BCUT2D eigenvalue weighted by Gasteiger charge is -2.10. The maximum absolute atomic E-state index is 8.62. The van der Waals surface area contributed by atoms with Crippen molar-refractivity contribution in [3.63, 3.8) is 0 Å². The quantitative estimate of drug-likeness (QED) is 0.379. The van der Waals surface area contributed by atoms with Crippen molar-refractivity contribution in [3.8, 4) is 5.75 Å². The van der Waals surface area contributed by atoms with Crippen molar-refractivity contribution < 1.29 is 9.94 Å². The molecule has 6 heteroatoms. The Morgan fingerprint density at radius 3 is 2.70 bits per heavy atom. The summed E-state index contributed by atoms with van der Waals surface area (Å²) in [4.78, 5) is 0. The smallest absolute Gasteiger partial charge is 0.170 e. The number of nitrogens with two attached hydrogens (primary N) is 1. The molecule has 0 aromatic heterocycles. The molecule has 0 bridgehead atoms. The monoisotopic (exact) mass is 354 g/mol. The van der Waals surface area contributed by atoms with Gasteiger partial charge in [-0.05, 0) is 34.1 Å². The number of benzene rings is 2. The van der Waals surface area contributed by atoms with Gasteiger partial charge in [-0.2, -0.15) is 0 Å². The van der Waals surface area contributed by atoms with Gasteiger partial charge in [-0.25, -0.2) is 0 Å². The van der Waals surface area contributed by atoms with Gasteiger partial charge in [0, 0.05) is 16.1 Å². The van der Waals surface area contributed by atoms with Gasteiger partial charge in [0.15, 0.2) is 5.84 Å². The van der Waals surface area contributed by atoms with Gasteiger partial charge < -0.3 is 15.7 Å². The molecule has 0 unspecified atom stereocenters. The summed E-state index contributed by atoms with van der Waals surface area (Å²) < 4.78 is 6.57. The molecule has 104 valence electrons. The van der Waals surface area contributed by atoms with Gasteiger partial charge in [0.25, 0.3) is 0 Å². The predicted molar refractivity (Wildman–Crippen MR) is 82.4 cm³/mol. The maximum Gasteiger partial charge on any atom is 0.170 e. The maximum atomic E-state index is 8.62. The van der Waals surface area contributed by atoms with Crippen LogP contribution in [0.3, 0.4) is 0 Å². The summed E-state index contributed by atoms with van der Waals surface area (Å²) in [7, 11) is 0. The molecule has 0 aliphatic heterocycles. The third kappa shape index (κ3) is 3.43. The van der Waals surface area contributed by atoms with Gasteiger partial charge in [0.05, 0.1) is 4.47 Å². The van der Waals surface area contributed by atoms with Crippen molar-refractivity contribution >= 4 is 33.4 Å². The van der Waals surface area contributed by atoms with Crippen molar-refractivity contribution in [2.45, 2.75) is 6.61 Å². The Bertz CT molecular complexity index is 647. The minimum Gasteiger partial charge on any atom is -0.488 e. The van der Waals surface area contributed by atoms with E-state index in [1.165, 1.54) is 0 Å². The first-order valence-electron chi connectivity index (χ1n) is 5.75. The van der Waals surface area contributed by atoms with Gasteiger partial charge in [-0.3, -0.25) is 0 Å². The molecule has 0 aliphatic rings. The fourth-order valence-electron chi connectivity index (χ4n) is 1.60. The highest BCUT2D eigenvalue weighted by Crippen LogP contribution is 2.26. The fourth-order valence-corrected chi connectivity index (χ4v) is 2.23. The van der Waals surface area contributed by atoms with E-state index in [1.807, 2.05) is 24.3 Å². The molecule has 0 fully saturated rings. The average Bonchev–Trinajstić information content (AvgIpc) is 2.46. The van der Waals surface area contributed by atoms with Crippen LogP contribution in [0.25, 0.3) is 0 Å². The molecular formula is C14H12BrClN2O2. The standard InChI is InChI=1S/C14H12BrClN2O2/c15-11-3-1-2-4-13(11)20-8-10-6-5-9(7-12(10)16)14(17)18-19/h1-7,19H,8H2,(H2,17,18). The normalized spacial score (nSPS) is 11.4. The molecule has 0 amide bonds. The second kappa shape index (κ2) is 6.63. The number of rotatable bonds is 4. The van der Waals surface area contributed by atoms with Crippen LogP contribution in [0.1, 0.15) is 11.1 Å². The van der Waals surface area contributed by atoms with Crippen LogP contribution in [0, 0.1) is 0 Å². The first kappa shape index (κ1) is 14.7. The van der Waals surface area contributed by atoms with E-state index < -0.39 is 0 Å². The summed E-state index contributed by atoms with van der Waals surface area (Å²) in [5.41, 5.74) is 6.88. The Morgan fingerprint density at radius 1 is 1.30 bits per heavy atom. The Hall–Kier alpha value is -1.72. The van der Waals surface area contributed by atoms with E-state index in [0.29, 0.717) is 17.2 Å². The van der Waals surface area contributed by atoms with E-state index in [2.05, 4.69) is 21.1 Å². The molecule has 0 radical (unpaired) electrons. The van der Waals surface area contributed by atoms with Crippen LogP contribution in [0.5, 0.6) is 5.75 Å². The molecule has 2 aromatic carbocycles. The highest BCUT2D eigenvalue weighted by Gasteiger charge is 2.07. The second-order valence-electron chi connectivity index (χ2n) is 4.01. The molecule has 0 heterocycles. The fraction of sp³-hybridized carbons (Fsp3) is 0.0714. The summed E-state index contributed by atoms with van der Waals surface area (Å²) >= 11 is 9.56. The Kier molecular flexibility index (Phi) is 4.87. The molecule has 20 heavy (non-hydrogen) atoms. The molecule has 0 saturated heterocycles. The third-order valence-electron chi connectivity index (χ3n) is 2.68. The molecule has 4 nitrogen and oxygen atoms in total. The summed E-state index contributed by atoms with van der Waals surface area (Å²) in [6, 6.07) is 12.7. The van der Waals surface area contributed by atoms with Crippen molar-refractivity contribution in [2.24, 2.45) is 10.9 Å². The zero-order valence-corrected chi connectivity index (χ0v) is 12.7. The lowest BCUT2D eigenvalue weighted by molar-refractivity contribution is 0.304. The zero-order chi connectivity index (χ0) is 14.5. The first-order valence-corrected chi connectivity index (χ1v) is 6.92. The van der Waals surface area contributed by atoms with Gasteiger partial charge in [-0.15, -0.1) is 0 Å². The highest BCUT2D eigenvalue weighted by molar-refractivity contribution is 9.10. The minimum absolute atomic E-state index is 0.0187. The van der Waals surface area contributed by atoms with Crippen molar-refractivity contribution in [1.82, 2.24) is 0 Å². The SMILES string of the molecule is N/C(=N/O)c1ccc(COc2ccccc2Br)c(Cl)c1. The zero-order valence-electron chi connectivity index (χ0n) is 10.4. The van der Waals surface area contributed by atoms with Crippen LogP contribution in [0.2, 0.25) is 5.02 Å². The highest BCUT2D eigenvalue weighted by atomic mass is 79.9. The summed E-state index contributed by atoms with van der Waals surface area (Å²) in [5, 5.41) is 12.1. The van der Waals surface area contributed by atoms with E-state index >= 15 is 0 Å². The van der Waals surface area contributed by atoms with Crippen LogP contribution in [0.15, 0.2) is 52.1 Å². The van der Waals surface area contributed by atoms with Crippen molar-refractivity contribution in [3.05, 3.63) is 63.1 Å². The molecule has 0 spiro atoms. The van der Waals surface area contributed by atoms with Gasteiger partial charge in [-0.1, -0.05) is 41.0 Å². The minimum atomic E-state index is 0.0187. The average molecular weight is 356 g/mol. The summed E-state index contributed by atoms with van der Waals surface area (Å²) in [6.45, 7) is 0.331. The van der Waals surface area contributed by atoms with E-state index in [4.69, 9.17) is 27.3 Å². The largest absolute Gasteiger partial charge is 0.488 e. The predicted octanol–water partition coefficient (Wildman–Crippen LogP) is 3.78. The topological polar surface area (TPSA) is 67.8 Å². The molecule has 0 aliphatic carbocycles. The molecular weight excluding hydrogens is 344 g/mol.